The van der Waals surface area contributed by atoms with Crippen LogP contribution in [-0.4, -0.2) is 17.1 Å². The summed E-state index contributed by atoms with van der Waals surface area (Å²) in [5.41, 5.74) is 6.84. The third kappa shape index (κ3) is 1.69. The van der Waals surface area contributed by atoms with Gasteiger partial charge in [0.1, 0.15) is 11.4 Å². The van der Waals surface area contributed by atoms with Gasteiger partial charge in [-0.2, -0.15) is 0 Å². The average molecular weight is 249 g/mol. The van der Waals surface area contributed by atoms with Crippen LogP contribution in [0.25, 0.3) is 0 Å². The molecule has 0 aromatic carbocycles. The topological polar surface area (TPSA) is 48.1 Å². The Bertz CT molecular complexity index is 355. The van der Waals surface area contributed by atoms with Gasteiger partial charge in [-0.15, -0.1) is 24.8 Å². The van der Waals surface area contributed by atoms with Crippen molar-refractivity contribution in [1.29, 1.82) is 0 Å². The summed E-state index contributed by atoms with van der Waals surface area (Å²) < 4.78 is 5.87. The Morgan fingerprint density at radius 1 is 1.47 bits per heavy atom. The van der Waals surface area contributed by atoms with Crippen LogP contribution in [0.15, 0.2) is 18.3 Å². The number of hydrogen-bond donors (Lipinski definition) is 1. The molecular weight excluding hydrogens is 235 g/mol. The fourth-order valence-electron chi connectivity index (χ4n) is 2.19. The number of rotatable bonds is 1. The Morgan fingerprint density at radius 3 is 2.80 bits per heavy atom. The molecule has 0 amide bonds. The Hall–Kier alpha value is -0.510. The zero-order valence-corrected chi connectivity index (χ0v) is 9.81. The van der Waals surface area contributed by atoms with Crippen LogP contribution in [0.1, 0.15) is 24.5 Å². The van der Waals surface area contributed by atoms with Crippen molar-refractivity contribution in [3.63, 3.8) is 0 Å². The quantitative estimate of drug-likeness (QED) is 0.826. The van der Waals surface area contributed by atoms with E-state index in [0.29, 0.717) is 12.5 Å². The summed E-state index contributed by atoms with van der Waals surface area (Å²) in [6, 6.07) is 3.89. The molecule has 1 saturated carbocycles. The monoisotopic (exact) mass is 248 g/mol. The molecule has 0 bridgehead atoms. The molecule has 1 spiro atoms. The van der Waals surface area contributed by atoms with E-state index in [0.717, 1.165) is 24.3 Å². The Kier molecular flexibility index (Phi) is 3.48. The first kappa shape index (κ1) is 12.6. The normalized spacial score (nSPS) is 23.4. The van der Waals surface area contributed by atoms with E-state index in [-0.39, 0.29) is 30.4 Å². The van der Waals surface area contributed by atoms with Crippen LogP contribution in [0.4, 0.5) is 0 Å². The molecule has 2 aliphatic rings. The standard InChI is InChI=1S/C10H12N2O.2ClH/c11-6-7-9-8(2-1-5-12-9)13-10(7)3-4-10;;/h1-2,5,7H,3-4,6,11H2;2*1H/t7-;;/m0../s1. The molecule has 3 nitrogen and oxygen atoms in total. The molecular formula is C10H14Cl2N2O. The van der Waals surface area contributed by atoms with Crippen molar-refractivity contribution in [2.24, 2.45) is 5.73 Å². The molecule has 1 aliphatic heterocycles. The minimum Gasteiger partial charge on any atom is -0.485 e. The highest BCUT2D eigenvalue weighted by Gasteiger charge is 2.57. The Labute approximate surface area is 101 Å². The maximum Gasteiger partial charge on any atom is 0.142 e. The third-order valence-electron chi connectivity index (χ3n) is 3.06. The van der Waals surface area contributed by atoms with Gasteiger partial charge >= 0.3 is 0 Å². The number of ether oxygens (including phenoxy) is 1. The van der Waals surface area contributed by atoms with Crippen molar-refractivity contribution < 1.29 is 4.74 Å². The van der Waals surface area contributed by atoms with Crippen molar-refractivity contribution >= 4 is 24.8 Å². The van der Waals surface area contributed by atoms with E-state index in [1.807, 2.05) is 18.3 Å². The van der Waals surface area contributed by atoms with Gasteiger partial charge in [-0.1, -0.05) is 0 Å². The summed E-state index contributed by atoms with van der Waals surface area (Å²) in [5, 5.41) is 0. The molecule has 0 saturated heterocycles. The molecule has 84 valence electrons. The molecule has 3 rings (SSSR count). The summed E-state index contributed by atoms with van der Waals surface area (Å²) >= 11 is 0. The first-order valence-electron chi connectivity index (χ1n) is 4.70. The lowest BCUT2D eigenvalue weighted by Crippen LogP contribution is -2.27. The van der Waals surface area contributed by atoms with Crippen LogP contribution in [0, 0.1) is 0 Å². The van der Waals surface area contributed by atoms with Crippen LogP contribution >= 0.6 is 24.8 Å². The smallest absolute Gasteiger partial charge is 0.142 e. The average Bonchev–Trinajstić information content (AvgIpc) is 2.83. The second-order valence-corrected chi connectivity index (χ2v) is 3.84. The molecule has 0 unspecified atom stereocenters. The SMILES string of the molecule is Cl.Cl.NC[C@H]1c2ncccc2OC12CC2. The van der Waals surface area contributed by atoms with E-state index in [9.17, 15) is 0 Å². The van der Waals surface area contributed by atoms with Gasteiger partial charge < -0.3 is 10.5 Å². The lowest BCUT2D eigenvalue weighted by atomic mass is 9.98. The Morgan fingerprint density at radius 2 is 2.20 bits per heavy atom. The van der Waals surface area contributed by atoms with Crippen LogP contribution in [0.5, 0.6) is 5.75 Å². The maximum atomic E-state index is 5.87. The predicted octanol–water partition coefficient (Wildman–Crippen LogP) is 1.89. The molecule has 1 fully saturated rings. The highest BCUT2D eigenvalue weighted by Crippen LogP contribution is 2.56. The summed E-state index contributed by atoms with van der Waals surface area (Å²) in [5.74, 6) is 1.26. The van der Waals surface area contributed by atoms with Gasteiger partial charge in [-0.05, 0) is 25.0 Å². The molecule has 2 N–H and O–H groups in total. The minimum atomic E-state index is 0. The summed E-state index contributed by atoms with van der Waals surface area (Å²) in [6.45, 7) is 0.643. The van der Waals surface area contributed by atoms with Gasteiger partial charge in [0.05, 0.1) is 11.6 Å². The first-order valence-corrected chi connectivity index (χ1v) is 4.70. The lowest BCUT2D eigenvalue weighted by Gasteiger charge is -2.14. The van der Waals surface area contributed by atoms with Gasteiger partial charge in [-0.3, -0.25) is 4.98 Å². The minimum absolute atomic E-state index is 0. The van der Waals surface area contributed by atoms with Crippen LogP contribution in [0.3, 0.4) is 0 Å². The van der Waals surface area contributed by atoms with E-state index >= 15 is 0 Å². The van der Waals surface area contributed by atoms with Crippen molar-refractivity contribution in [2.75, 3.05) is 6.54 Å². The fourth-order valence-corrected chi connectivity index (χ4v) is 2.19. The highest BCUT2D eigenvalue weighted by atomic mass is 35.5. The number of hydrogen-bond acceptors (Lipinski definition) is 3. The van der Waals surface area contributed by atoms with Crippen LogP contribution in [0.2, 0.25) is 0 Å². The number of nitrogens with two attached hydrogens (primary N) is 1. The van der Waals surface area contributed by atoms with E-state index in [2.05, 4.69) is 4.98 Å². The molecule has 0 radical (unpaired) electrons. The van der Waals surface area contributed by atoms with Crippen molar-refractivity contribution in [2.45, 2.75) is 24.4 Å². The summed E-state index contributed by atoms with van der Waals surface area (Å²) in [6.07, 6.45) is 4.07. The van der Waals surface area contributed by atoms with E-state index in [1.165, 1.54) is 0 Å². The summed E-state index contributed by atoms with van der Waals surface area (Å²) in [4.78, 5) is 4.34. The third-order valence-corrected chi connectivity index (χ3v) is 3.06. The lowest BCUT2D eigenvalue weighted by molar-refractivity contribution is 0.184. The molecule has 2 heterocycles. The fraction of sp³-hybridized carbons (Fsp3) is 0.500. The molecule has 1 aromatic rings. The number of nitrogens with zero attached hydrogens (tertiary/aromatic N) is 1. The van der Waals surface area contributed by atoms with Crippen molar-refractivity contribution in [3.8, 4) is 5.75 Å². The second kappa shape index (κ2) is 4.16. The zero-order valence-electron chi connectivity index (χ0n) is 8.18. The van der Waals surface area contributed by atoms with E-state index < -0.39 is 0 Å². The maximum absolute atomic E-state index is 5.87. The number of fused-ring (bicyclic) bond motifs is 1. The van der Waals surface area contributed by atoms with Crippen molar-refractivity contribution in [3.05, 3.63) is 24.0 Å². The molecule has 1 aromatic heterocycles. The number of pyridine rings is 1. The number of aromatic nitrogens is 1. The predicted molar refractivity (Wildman–Crippen MR) is 63.1 cm³/mol. The van der Waals surface area contributed by atoms with Gasteiger partial charge in [0, 0.05) is 12.7 Å². The molecule has 5 heteroatoms. The highest BCUT2D eigenvalue weighted by molar-refractivity contribution is 5.85. The van der Waals surface area contributed by atoms with Gasteiger partial charge in [-0.25, -0.2) is 0 Å². The van der Waals surface area contributed by atoms with Gasteiger partial charge in [0.25, 0.3) is 0 Å². The van der Waals surface area contributed by atoms with Crippen LogP contribution in [-0.2, 0) is 0 Å². The van der Waals surface area contributed by atoms with Gasteiger partial charge in [0.2, 0.25) is 0 Å². The zero-order chi connectivity index (χ0) is 8.89. The van der Waals surface area contributed by atoms with E-state index in [1.54, 1.807) is 0 Å². The van der Waals surface area contributed by atoms with Crippen LogP contribution < -0.4 is 10.5 Å². The molecule has 1 atom stereocenters. The summed E-state index contributed by atoms with van der Waals surface area (Å²) in [7, 11) is 0. The van der Waals surface area contributed by atoms with Gasteiger partial charge in [0.15, 0.2) is 0 Å². The first-order chi connectivity index (χ1) is 6.36. The molecule has 1 aliphatic carbocycles. The largest absolute Gasteiger partial charge is 0.485 e. The second-order valence-electron chi connectivity index (χ2n) is 3.84. The Balaban J connectivity index is 0.000000562. The van der Waals surface area contributed by atoms with E-state index in [4.69, 9.17) is 10.5 Å². The number of halogens is 2. The van der Waals surface area contributed by atoms with Crippen molar-refractivity contribution in [1.82, 2.24) is 4.98 Å². The molecule has 15 heavy (non-hydrogen) atoms.